The lowest BCUT2D eigenvalue weighted by atomic mass is 10.2. The zero-order chi connectivity index (χ0) is 22.9. The third-order valence-corrected chi connectivity index (χ3v) is 5.83. The van der Waals surface area contributed by atoms with Gasteiger partial charge in [0, 0.05) is 30.0 Å². The smallest absolute Gasteiger partial charge is 0.274 e. The summed E-state index contributed by atoms with van der Waals surface area (Å²) in [6.07, 6.45) is 3.50. The lowest BCUT2D eigenvalue weighted by molar-refractivity contribution is 0.0948. The van der Waals surface area contributed by atoms with Crippen molar-refractivity contribution in [2.75, 3.05) is 37.8 Å². The van der Waals surface area contributed by atoms with E-state index in [2.05, 4.69) is 34.4 Å². The summed E-state index contributed by atoms with van der Waals surface area (Å²) < 4.78 is 1.83. The molecule has 0 spiro atoms. The molecule has 1 heterocycles. The monoisotopic (exact) mass is 451 g/mol. The van der Waals surface area contributed by atoms with Crippen molar-refractivity contribution in [3.05, 3.63) is 72.1 Å². The molecule has 168 valence electrons. The number of aromatic nitrogens is 2. The Labute approximate surface area is 193 Å². The van der Waals surface area contributed by atoms with Crippen LogP contribution in [0.1, 0.15) is 34.7 Å². The molecule has 3 rings (SSSR count). The number of hydrogen-bond acceptors (Lipinski definition) is 5. The van der Waals surface area contributed by atoms with Crippen molar-refractivity contribution in [1.82, 2.24) is 19.8 Å². The Morgan fingerprint density at radius 3 is 2.31 bits per heavy atom. The molecule has 3 aromatic rings. The molecule has 0 aliphatic rings. The van der Waals surface area contributed by atoms with E-state index in [1.165, 1.54) is 11.8 Å². The fourth-order valence-electron chi connectivity index (χ4n) is 3.34. The maximum Gasteiger partial charge on any atom is 0.274 e. The van der Waals surface area contributed by atoms with Crippen LogP contribution in [0.5, 0.6) is 0 Å². The van der Waals surface area contributed by atoms with Crippen LogP contribution in [0.3, 0.4) is 0 Å². The number of carbonyl (C=O) groups excluding carboxylic acids is 2. The molecule has 32 heavy (non-hydrogen) atoms. The van der Waals surface area contributed by atoms with Crippen molar-refractivity contribution in [2.45, 2.75) is 19.0 Å². The van der Waals surface area contributed by atoms with E-state index < -0.39 is 0 Å². The Morgan fingerprint density at radius 2 is 1.69 bits per heavy atom. The molecular weight excluding hydrogens is 422 g/mol. The summed E-state index contributed by atoms with van der Waals surface area (Å²) in [7, 11) is 0. The molecule has 2 aromatic carbocycles. The number of para-hydroxylation sites is 1. The number of likely N-dealkylation sites (N-methyl/N-ethyl adjacent to an activating group) is 1. The molecule has 0 unspecified atom stereocenters. The summed E-state index contributed by atoms with van der Waals surface area (Å²) >= 11 is 1.48. The second-order valence-corrected chi connectivity index (χ2v) is 7.89. The van der Waals surface area contributed by atoms with E-state index in [0.717, 1.165) is 30.5 Å². The first-order valence-electron chi connectivity index (χ1n) is 10.7. The minimum Gasteiger partial charge on any atom is -0.351 e. The van der Waals surface area contributed by atoms with Crippen molar-refractivity contribution in [1.29, 1.82) is 0 Å². The molecule has 0 aliphatic carbocycles. The van der Waals surface area contributed by atoms with Crippen LogP contribution in [-0.4, -0.2) is 58.7 Å². The number of carbonyl (C=O) groups is 2. The van der Waals surface area contributed by atoms with Crippen LogP contribution in [0.25, 0.3) is 5.69 Å². The predicted molar refractivity (Wildman–Crippen MR) is 130 cm³/mol. The molecule has 0 fully saturated rings. The van der Waals surface area contributed by atoms with E-state index in [-0.39, 0.29) is 11.8 Å². The lowest BCUT2D eigenvalue weighted by Gasteiger charge is -2.18. The maximum atomic E-state index is 13.0. The summed E-state index contributed by atoms with van der Waals surface area (Å²) in [4.78, 5) is 31.9. The summed E-state index contributed by atoms with van der Waals surface area (Å²) in [5.74, 6) is -0.389. The Morgan fingerprint density at radius 1 is 1.00 bits per heavy atom. The zero-order valence-corrected chi connectivity index (χ0v) is 19.5. The number of imidazole rings is 1. The average Bonchev–Trinajstić information content (AvgIpc) is 3.27. The summed E-state index contributed by atoms with van der Waals surface area (Å²) in [6.45, 7) is 7.55. The van der Waals surface area contributed by atoms with Crippen molar-refractivity contribution < 1.29 is 9.59 Å². The molecule has 0 aliphatic heterocycles. The van der Waals surface area contributed by atoms with Crippen LogP contribution in [-0.2, 0) is 0 Å². The average molecular weight is 452 g/mol. The minimum absolute atomic E-state index is 0.123. The van der Waals surface area contributed by atoms with Crippen molar-refractivity contribution in [3.63, 3.8) is 0 Å². The molecule has 2 N–H and O–H groups in total. The molecule has 7 nitrogen and oxygen atoms in total. The van der Waals surface area contributed by atoms with E-state index in [1.54, 1.807) is 30.5 Å². The molecule has 8 heteroatoms. The van der Waals surface area contributed by atoms with Gasteiger partial charge >= 0.3 is 0 Å². The lowest BCUT2D eigenvalue weighted by Crippen LogP contribution is -2.34. The third kappa shape index (κ3) is 5.77. The fourth-order valence-corrected chi connectivity index (χ4v) is 3.88. The first-order chi connectivity index (χ1) is 15.6. The van der Waals surface area contributed by atoms with Gasteiger partial charge < -0.3 is 15.5 Å². The number of nitrogens with one attached hydrogen (secondary N) is 2. The maximum absolute atomic E-state index is 13.0. The quantitative estimate of drug-likeness (QED) is 0.457. The first-order valence-corrected chi connectivity index (χ1v) is 11.9. The molecule has 2 amide bonds. The molecule has 1 aromatic heterocycles. The number of benzene rings is 2. The Kier molecular flexibility index (Phi) is 8.47. The molecule has 0 saturated heterocycles. The van der Waals surface area contributed by atoms with E-state index in [9.17, 15) is 9.59 Å². The van der Waals surface area contributed by atoms with E-state index >= 15 is 0 Å². The summed E-state index contributed by atoms with van der Waals surface area (Å²) in [5.41, 5.74) is 2.48. The Hall–Kier alpha value is -3.10. The van der Waals surface area contributed by atoms with Crippen molar-refractivity contribution in [2.24, 2.45) is 0 Å². The van der Waals surface area contributed by atoms with Gasteiger partial charge in [-0.15, -0.1) is 0 Å². The summed E-state index contributed by atoms with van der Waals surface area (Å²) in [6, 6.07) is 16.5. The van der Waals surface area contributed by atoms with Gasteiger partial charge in [0.05, 0.1) is 6.20 Å². The number of anilines is 1. The topological polar surface area (TPSA) is 79.3 Å². The van der Waals surface area contributed by atoms with Crippen LogP contribution in [0, 0.1) is 0 Å². The van der Waals surface area contributed by atoms with E-state index in [1.807, 2.05) is 41.2 Å². The van der Waals surface area contributed by atoms with Crippen LogP contribution in [0.4, 0.5) is 5.69 Å². The predicted octanol–water partition coefficient (Wildman–Crippen LogP) is 3.92. The van der Waals surface area contributed by atoms with E-state index in [4.69, 9.17) is 0 Å². The Balaban J connectivity index is 1.66. The normalized spacial score (nSPS) is 10.9. The number of thioether (sulfide) groups is 1. The SMILES string of the molecule is CCN(CC)CCNC(=O)c1ccc(NC(=O)c2cnc(SC)n2-c2ccccc2)cc1. The van der Waals surface area contributed by atoms with Gasteiger partial charge in [-0.25, -0.2) is 4.98 Å². The third-order valence-electron chi connectivity index (χ3n) is 5.17. The fraction of sp³-hybridized carbons (Fsp3) is 0.292. The van der Waals surface area contributed by atoms with Crippen LogP contribution in [0.2, 0.25) is 0 Å². The highest BCUT2D eigenvalue weighted by Crippen LogP contribution is 2.22. The second kappa shape index (κ2) is 11.5. The van der Waals surface area contributed by atoms with Crippen LogP contribution in [0.15, 0.2) is 66.0 Å². The van der Waals surface area contributed by atoms with Gasteiger partial charge in [-0.05, 0) is 55.7 Å². The zero-order valence-electron chi connectivity index (χ0n) is 18.7. The van der Waals surface area contributed by atoms with E-state index in [0.29, 0.717) is 23.5 Å². The van der Waals surface area contributed by atoms with Gasteiger partial charge in [-0.3, -0.25) is 14.2 Å². The summed E-state index contributed by atoms with van der Waals surface area (Å²) in [5, 5.41) is 6.57. The van der Waals surface area contributed by atoms with Crippen molar-refractivity contribution in [3.8, 4) is 5.69 Å². The first kappa shape index (κ1) is 23.6. The van der Waals surface area contributed by atoms with Crippen LogP contribution < -0.4 is 10.6 Å². The molecule has 0 bridgehead atoms. The van der Waals surface area contributed by atoms with Gasteiger partial charge in [0.25, 0.3) is 11.8 Å². The standard InChI is InChI=1S/C24H29N5O2S/c1-4-28(5-2)16-15-25-22(30)18-11-13-19(14-12-18)27-23(31)21-17-26-24(32-3)29(21)20-9-7-6-8-10-20/h6-14,17H,4-5,15-16H2,1-3H3,(H,25,30)(H,27,31). The van der Waals surface area contributed by atoms with Crippen molar-refractivity contribution >= 4 is 29.3 Å². The van der Waals surface area contributed by atoms with Gasteiger partial charge in [0.1, 0.15) is 5.69 Å². The van der Waals surface area contributed by atoms with Gasteiger partial charge in [0.15, 0.2) is 5.16 Å². The molecule has 0 atom stereocenters. The second-order valence-electron chi connectivity index (χ2n) is 7.12. The number of rotatable bonds is 10. The number of hydrogen-bond donors (Lipinski definition) is 2. The molecular formula is C24H29N5O2S. The van der Waals surface area contributed by atoms with Gasteiger partial charge in [-0.2, -0.15) is 0 Å². The van der Waals surface area contributed by atoms with Gasteiger partial charge in [0.2, 0.25) is 0 Å². The number of nitrogens with zero attached hydrogens (tertiary/aromatic N) is 3. The van der Waals surface area contributed by atoms with Crippen LogP contribution >= 0.6 is 11.8 Å². The molecule has 0 saturated carbocycles. The van der Waals surface area contributed by atoms with Gasteiger partial charge in [-0.1, -0.05) is 43.8 Å². The Bertz CT molecular complexity index is 1030. The highest BCUT2D eigenvalue weighted by Gasteiger charge is 2.18. The minimum atomic E-state index is -0.266. The number of amides is 2. The highest BCUT2D eigenvalue weighted by atomic mass is 32.2. The largest absolute Gasteiger partial charge is 0.351 e. The molecule has 0 radical (unpaired) electrons. The highest BCUT2D eigenvalue weighted by molar-refractivity contribution is 7.98.